The van der Waals surface area contributed by atoms with Gasteiger partial charge in [-0.15, -0.1) is 37.2 Å². The fourth-order valence-corrected chi connectivity index (χ4v) is 0.534. The van der Waals surface area contributed by atoms with Crippen LogP contribution < -0.4 is 0 Å². The first-order valence-corrected chi connectivity index (χ1v) is 2.41. The molecule has 1 unspecified atom stereocenters. The highest BCUT2D eigenvalue weighted by Gasteiger charge is 1.72. The van der Waals surface area contributed by atoms with E-state index < -0.39 is 0 Å². The molecule has 1 atom stereocenters. The van der Waals surface area contributed by atoms with Gasteiger partial charge in [-0.2, -0.15) is 9.90 Å². The summed E-state index contributed by atoms with van der Waals surface area (Å²) in [6.45, 7) is 2.08. The van der Waals surface area contributed by atoms with Gasteiger partial charge in [0, 0.05) is 0 Å². The summed E-state index contributed by atoms with van der Waals surface area (Å²) in [6, 6.07) is 10.3. The monoisotopic (exact) mass is 234 g/mol. The molecule has 0 aromatic heterocycles. The molecule has 68 valence electrons. The molecule has 0 N–H and O–H groups in total. The second-order valence-corrected chi connectivity index (χ2v) is 1.65. The number of benzene rings is 1. The smallest absolute Gasteiger partial charge is 0.0398 e. The van der Waals surface area contributed by atoms with Gasteiger partial charge < -0.3 is 0 Å². The molecule has 0 nitrogen and oxygen atoms in total. The number of aryl methyl sites for hydroxylation is 1. The van der Waals surface area contributed by atoms with Crippen molar-refractivity contribution in [3.63, 3.8) is 0 Å². The van der Waals surface area contributed by atoms with Gasteiger partial charge in [-0.3, -0.25) is 0 Å². The highest BCUT2D eigenvalue weighted by atomic mass is 35.5. The molecule has 1 aromatic carbocycles. The third-order valence-corrected chi connectivity index (χ3v) is 0.940. The Hall–Kier alpha value is 0.520. The third kappa shape index (κ3) is 10.5. The van der Waals surface area contributed by atoms with Gasteiger partial charge in [0.2, 0.25) is 0 Å². The predicted molar refractivity (Wildman–Crippen MR) is 64.0 cm³/mol. The minimum Gasteiger partial charge on any atom is -0.153 e. The SMILES string of the molecule is Cc1ccccc1.Cl.Cl.Cl.P. The average molecular weight is 236 g/mol. The zero-order valence-corrected chi connectivity index (χ0v) is 10.2. The molecule has 0 saturated heterocycles. The lowest BCUT2D eigenvalue weighted by atomic mass is 10.2. The van der Waals surface area contributed by atoms with Crippen molar-refractivity contribution in [1.82, 2.24) is 0 Å². The minimum absolute atomic E-state index is 0. The largest absolute Gasteiger partial charge is 0.153 e. The van der Waals surface area contributed by atoms with Gasteiger partial charge in [0.05, 0.1) is 0 Å². The van der Waals surface area contributed by atoms with Crippen molar-refractivity contribution in [2.75, 3.05) is 0 Å². The van der Waals surface area contributed by atoms with E-state index >= 15 is 0 Å². The lowest BCUT2D eigenvalue weighted by molar-refractivity contribution is 1.48. The summed E-state index contributed by atoms with van der Waals surface area (Å²) in [6.07, 6.45) is 0. The van der Waals surface area contributed by atoms with Crippen LogP contribution in [0, 0.1) is 6.92 Å². The maximum atomic E-state index is 2.08. The van der Waals surface area contributed by atoms with Gasteiger partial charge in [-0.1, -0.05) is 35.9 Å². The summed E-state index contributed by atoms with van der Waals surface area (Å²) in [7, 11) is 0. The van der Waals surface area contributed by atoms with E-state index in [2.05, 4.69) is 19.1 Å². The number of hydrogen-bond acceptors (Lipinski definition) is 0. The van der Waals surface area contributed by atoms with Gasteiger partial charge in [0.1, 0.15) is 0 Å². The summed E-state index contributed by atoms with van der Waals surface area (Å²) in [4.78, 5) is 0. The quantitative estimate of drug-likeness (QED) is 0.605. The summed E-state index contributed by atoms with van der Waals surface area (Å²) in [5.74, 6) is 0. The van der Waals surface area contributed by atoms with Crippen LogP contribution in [0.2, 0.25) is 0 Å². The van der Waals surface area contributed by atoms with Crippen molar-refractivity contribution >= 4 is 47.1 Å². The van der Waals surface area contributed by atoms with Gasteiger partial charge in [0.25, 0.3) is 0 Å². The number of hydrogen-bond donors (Lipinski definition) is 0. The van der Waals surface area contributed by atoms with Crippen LogP contribution in [-0.4, -0.2) is 0 Å². The first-order valence-electron chi connectivity index (χ1n) is 2.41. The van der Waals surface area contributed by atoms with Crippen LogP contribution in [0.1, 0.15) is 5.56 Å². The summed E-state index contributed by atoms with van der Waals surface area (Å²) >= 11 is 0. The van der Waals surface area contributed by atoms with Crippen LogP contribution in [0.15, 0.2) is 30.3 Å². The Morgan fingerprint density at radius 3 is 1.36 bits per heavy atom. The molecule has 0 saturated carbocycles. The molecule has 1 rings (SSSR count). The summed E-state index contributed by atoms with van der Waals surface area (Å²) in [5.41, 5.74) is 1.32. The molecule has 1 aromatic rings. The van der Waals surface area contributed by atoms with E-state index in [1.165, 1.54) is 5.56 Å². The third-order valence-electron chi connectivity index (χ3n) is 0.940. The molecular formula is C7H14Cl3P. The molecule has 0 fully saturated rings. The molecule has 0 spiro atoms. The first-order chi connectivity index (χ1) is 3.39. The van der Waals surface area contributed by atoms with E-state index in [0.717, 1.165) is 0 Å². The number of halogens is 3. The van der Waals surface area contributed by atoms with Crippen LogP contribution in [0.25, 0.3) is 0 Å². The predicted octanol–water partition coefficient (Wildman–Crippen LogP) is 3.32. The zero-order chi connectivity index (χ0) is 5.11. The molecule has 0 amide bonds. The van der Waals surface area contributed by atoms with Gasteiger partial charge in [-0.05, 0) is 6.92 Å². The van der Waals surface area contributed by atoms with Crippen molar-refractivity contribution in [2.24, 2.45) is 0 Å². The van der Waals surface area contributed by atoms with Gasteiger partial charge in [-0.25, -0.2) is 0 Å². The van der Waals surface area contributed by atoms with Crippen LogP contribution in [0.3, 0.4) is 0 Å². The molecular weight excluding hydrogens is 221 g/mol. The van der Waals surface area contributed by atoms with Crippen LogP contribution in [0.5, 0.6) is 0 Å². The average Bonchev–Trinajstić information content (AvgIpc) is 1.69. The van der Waals surface area contributed by atoms with Crippen molar-refractivity contribution in [1.29, 1.82) is 0 Å². The summed E-state index contributed by atoms with van der Waals surface area (Å²) < 4.78 is 0. The maximum Gasteiger partial charge on any atom is -0.0398 e. The minimum atomic E-state index is 0. The molecule has 0 radical (unpaired) electrons. The molecule has 0 bridgehead atoms. The molecule has 0 aliphatic heterocycles. The first kappa shape index (κ1) is 22.5. The second kappa shape index (κ2) is 13.1. The Bertz CT molecular complexity index is 144. The van der Waals surface area contributed by atoms with E-state index in [1.54, 1.807) is 0 Å². The molecule has 0 aliphatic rings. The Labute approximate surface area is 90.0 Å². The molecule has 4 heteroatoms. The fourth-order valence-electron chi connectivity index (χ4n) is 0.534. The molecule has 0 aliphatic carbocycles. The standard InChI is InChI=1S/C7H8.3ClH.H3P/c1-7-5-3-2-4-6-7;;;;/h2-6H,1H3;3*1H;1H3. The van der Waals surface area contributed by atoms with Crippen molar-refractivity contribution in [3.8, 4) is 0 Å². The normalized spacial score (nSPS) is 5.55. The maximum absolute atomic E-state index is 2.08. The Morgan fingerprint density at radius 2 is 1.18 bits per heavy atom. The Balaban J connectivity index is -0.0000000612. The fraction of sp³-hybridized carbons (Fsp3) is 0.143. The van der Waals surface area contributed by atoms with Crippen molar-refractivity contribution in [3.05, 3.63) is 35.9 Å². The number of rotatable bonds is 0. The zero-order valence-electron chi connectivity index (χ0n) is 6.32. The summed E-state index contributed by atoms with van der Waals surface area (Å²) in [5, 5.41) is 0. The van der Waals surface area contributed by atoms with E-state index in [9.17, 15) is 0 Å². The molecule has 0 heterocycles. The topological polar surface area (TPSA) is 0 Å². The van der Waals surface area contributed by atoms with Crippen LogP contribution in [-0.2, 0) is 0 Å². The van der Waals surface area contributed by atoms with Crippen LogP contribution in [0.4, 0.5) is 0 Å². The highest BCUT2D eigenvalue weighted by molar-refractivity contribution is 6.92. The van der Waals surface area contributed by atoms with Crippen molar-refractivity contribution in [2.45, 2.75) is 6.92 Å². The highest BCUT2D eigenvalue weighted by Crippen LogP contribution is 1.92. The Morgan fingerprint density at radius 1 is 0.818 bits per heavy atom. The van der Waals surface area contributed by atoms with Gasteiger partial charge in [0.15, 0.2) is 0 Å². The van der Waals surface area contributed by atoms with E-state index in [0.29, 0.717) is 0 Å². The second-order valence-electron chi connectivity index (χ2n) is 1.65. The lowest BCUT2D eigenvalue weighted by Gasteiger charge is -1.82. The van der Waals surface area contributed by atoms with Crippen molar-refractivity contribution < 1.29 is 0 Å². The molecule has 11 heavy (non-hydrogen) atoms. The lowest BCUT2D eigenvalue weighted by Crippen LogP contribution is -1.62. The van der Waals surface area contributed by atoms with Gasteiger partial charge >= 0.3 is 0 Å². The van der Waals surface area contributed by atoms with E-state index in [-0.39, 0.29) is 47.1 Å². The van der Waals surface area contributed by atoms with Crippen LogP contribution >= 0.6 is 47.1 Å². The van der Waals surface area contributed by atoms with E-state index in [4.69, 9.17) is 0 Å². The van der Waals surface area contributed by atoms with E-state index in [1.807, 2.05) is 18.2 Å². The Kier molecular flexibility index (Phi) is 26.9.